The molecule has 6 heteroatoms. The molecule has 1 aromatic carbocycles. The van der Waals surface area contributed by atoms with Gasteiger partial charge in [-0.3, -0.25) is 4.79 Å². The molecule has 1 aromatic rings. The van der Waals surface area contributed by atoms with Crippen molar-refractivity contribution in [2.45, 2.75) is 51.2 Å². The van der Waals surface area contributed by atoms with Crippen molar-refractivity contribution in [2.75, 3.05) is 18.5 Å². The van der Waals surface area contributed by atoms with E-state index in [1.54, 1.807) is 20.8 Å². The molecule has 0 amide bonds. The van der Waals surface area contributed by atoms with Gasteiger partial charge in [-0.25, -0.2) is 4.39 Å². The van der Waals surface area contributed by atoms with Crippen molar-refractivity contribution < 1.29 is 18.7 Å². The number of hydrogen-bond donors (Lipinski definition) is 0. The minimum Gasteiger partial charge on any atom is -0.486 e. The summed E-state index contributed by atoms with van der Waals surface area (Å²) in [6.07, 6.45) is -0.0231. The lowest BCUT2D eigenvalue weighted by atomic mass is 10.0. The average Bonchev–Trinajstić information content (AvgIpc) is 2.44. The number of benzene rings is 1. The molecule has 1 aliphatic rings. The molecule has 0 saturated carbocycles. The molecule has 24 heavy (non-hydrogen) atoms. The summed E-state index contributed by atoms with van der Waals surface area (Å²) in [6.45, 7) is 10.2. The Hall–Kier alpha value is -1.30. The molecule has 0 fully saturated rings. The molecule has 0 spiro atoms. The topological polar surface area (TPSA) is 38.8 Å². The van der Waals surface area contributed by atoms with Crippen LogP contribution in [0.25, 0.3) is 0 Å². The van der Waals surface area contributed by atoms with Crippen LogP contribution in [-0.2, 0) is 9.53 Å². The van der Waals surface area contributed by atoms with Crippen LogP contribution in [0.1, 0.15) is 45.0 Å². The van der Waals surface area contributed by atoms with Gasteiger partial charge in [-0.1, -0.05) is 29.8 Å². The van der Waals surface area contributed by atoms with E-state index in [1.165, 1.54) is 12.1 Å². The normalized spacial score (nSPS) is 18.9. The van der Waals surface area contributed by atoms with Gasteiger partial charge in [0, 0.05) is 18.7 Å². The van der Waals surface area contributed by atoms with Crippen molar-refractivity contribution in [1.29, 1.82) is 0 Å². The van der Waals surface area contributed by atoms with E-state index in [1.807, 2.05) is 11.9 Å². The highest BCUT2D eigenvalue weighted by Crippen LogP contribution is 2.43. The second-order valence-corrected chi connectivity index (χ2v) is 8.44. The number of carbonyl (C=O) groups is 1. The first-order valence-electron chi connectivity index (χ1n) is 8.07. The van der Waals surface area contributed by atoms with Gasteiger partial charge in [-0.15, -0.1) is 0 Å². The predicted molar refractivity (Wildman–Crippen MR) is 96.4 cm³/mol. The van der Waals surface area contributed by atoms with Crippen LogP contribution in [0.15, 0.2) is 12.1 Å². The fourth-order valence-corrected chi connectivity index (χ4v) is 3.02. The van der Waals surface area contributed by atoms with E-state index in [9.17, 15) is 9.18 Å². The number of rotatable bonds is 3. The number of ether oxygens (including phenoxy) is 2. The predicted octanol–water partition coefficient (Wildman–Crippen LogP) is 4.46. The first-order valence-corrected chi connectivity index (χ1v) is 8.99. The van der Waals surface area contributed by atoms with E-state index in [0.717, 1.165) is 0 Å². The standard InChI is InChI=1S/C18H25BrFNO3/c1-10(2)14-9-21(6)13-8-11(20)7-12(16(13)23-14)15(19)17(22)24-18(3,4)5/h7-8,10,14-15H,9H2,1-6H3. The van der Waals surface area contributed by atoms with Gasteiger partial charge in [0.05, 0.1) is 12.2 Å². The van der Waals surface area contributed by atoms with Crippen LogP contribution in [0.2, 0.25) is 0 Å². The van der Waals surface area contributed by atoms with E-state index >= 15 is 0 Å². The van der Waals surface area contributed by atoms with Gasteiger partial charge in [0.15, 0.2) is 0 Å². The van der Waals surface area contributed by atoms with Gasteiger partial charge < -0.3 is 14.4 Å². The SMILES string of the molecule is CC(C)C1CN(C)c2cc(F)cc(C(Br)C(=O)OC(C)(C)C)c2O1. The lowest BCUT2D eigenvalue weighted by Crippen LogP contribution is -2.41. The van der Waals surface area contributed by atoms with Crippen LogP contribution in [0.4, 0.5) is 10.1 Å². The summed E-state index contributed by atoms with van der Waals surface area (Å²) >= 11 is 3.35. The molecular weight excluding hydrogens is 377 g/mol. The molecule has 1 aliphatic heterocycles. The van der Waals surface area contributed by atoms with Crippen LogP contribution >= 0.6 is 15.9 Å². The van der Waals surface area contributed by atoms with Crippen molar-refractivity contribution in [3.63, 3.8) is 0 Å². The third kappa shape index (κ3) is 4.21. The summed E-state index contributed by atoms with van der Waals surface area (Å²) in [5.74, 6) is -0.0335. The molecule has 1 heterocycles. The van der Waals surface area contributed by atoms with Crippen LogP contribution in [-0.4, -0.2) is 31.3 Å². The number of nitrogens with zero attached hydrogens (tertiary/aromatic N) is 1. The minimum absolute atomic E-state index is 0.0231. The first kappa shape index (κ1) is 19.0. The molecule has 0 aromatic heterocycles. The lowest BCUT2D eigenvalue weighted by Gasteiger charge is -2.37. The number of carbonyl (C=O) groups excluding carboxylic acids is 1. The Kier molecular flexibility index (Phi) is 5.47. The van der Waals surface area contributed by atoms with E-state index < -0.39 is 22.2 Å². The molecule has 0 saturated heterocycles. The maximum atomic E-state index is 14.1. The largest absolute Gasteiger partial charge is 0.486 e. The van der Waals surface area contributed by atoms with Gasteiger partial charge in [-0.05, 0) is 32.8 Å². The Bertz CT molecular complexity index is 627. The molecule has 2 rings (SSSR count). The number of halogens is 2. The maximum absolute atomic E-state index is 14.1. The van der Waals surface area contributed by atoms with E-state index in [0.29, 0.717) is 29.5 Å². The van der Waals surface area contributed by atoms with Crippen molar-refractivity contribution in [2.24, 2.45) is 5.92 Å². The number of fused-ring (bicyclic) bond motifs is 1. The molecule has 2 unspecified atom stereocenters. The summed E-state index contributed by atoms with van der Waals surface area (Å²) in [7, 11) is 1.90. The first-order chi connectivity index (χ1) is 11.0. The summed E-state index contributed by atoms with van der Waals surface area (Å²) in [4.78, 5) is 13.6. The molecule has 4 nitrogen and oxygen atoms in total. The zero-order valence-electron chi connectivity index (χ0n) is 15.0. The van der Waals surface area contributed by atoms with Gasteiger partial charge in [-0.2, -0.15) is 0 Å². The van der Waals surface area contributed by atoms with Crippen molar-refractivity contribution in [3.05, 3.63) is 23.5 Å². The molecule has 134 valence electrons. The van der Waals surface area contributed by atoms with Gasteiger partial charge in [0.2, 0.25) is 0 Å². The highest BCUT2D eigenvalue weighted by Gasteiger charge is 2.33. The third-order valence-corrected chi connectivity index (χ3v) is 4.69. The fraction of sp³-hybridized carbons (Fsp3) is 0.611. The highest BCUT2D eigenvalue weighted by atomic mass is 79.9. The van der Waals surface area contributed by atoms with Crippen molar-refractivity contribution >= 4 is 27.6 Å². The molecule has 0 radical (unpaired) electrons. The Labute approximate surface area is 151 Å². The summed E-state index contributed by atoms with van der Waals surface area (Å²) in [6, 6.07) is 2.77. The van der Waals surface area contributed by atoms with E-state index in [2.05, 4.69) is 29.8 Å². The summed E-state index contributed by atoms with van der Waals surface area (Å²) in [5, 5.41) is 0. The average molecular weight is 402 g/mol. The van der Waals surface area contributed by atoms with Gasteiger partial charge >= 0.3 is 5.97 Å². The number of hydrogen-bond acceptors (Lipinski definition) is 4. The van der Waals surface area contributed by atoms with Crippen LogP contribution in [0, 0.1) is 11.7 Å². The molecule has 0 aliphatic carbocycles. The Morgan fingerprint density at radius 1 is 1.42 bits per heavy atom. The number of esters is 1. The highest BCUT2D eigenvalue weighted by molar-refractivity contribution is 9.09. The Morgan fingerprint density at radius 3 is 2.58 bits per heavy atom. The number of anilines is 1. The third-order valence-electron chi connectivity index (χ3n) is 3.83. The molecular formula is C18H25BrFNO3. The van der Waals surface area contributed by atoms with Gasteiger partial charge in [0.25, 0.3) is 0 Å². The molecule has 0 bridgehead atoms. The second kappa shape index (κ2) is 6.90. The van der Waals surface area contributed by atoms with Gasteiger partial charge in [0.1, 0.15) is 28.1 Å². The summed E-state index contributed by atoms with van der Waals surface area (Å²) < 4.78 is 25.6. The van der Waals surface area contributed by atoms with E-state index in [-0.39, 0.29) is 6.10 Å². The molecule has 0 N–H and O–H groups in total. The zero-order chi connectivity index (χ0) is 18.2. The Balaban J connectivity index is 2.42. The lowest BCUT2D eigenvalue weighted by molar-refractivity contribution is -0.154. The minimum atomic E-state index is -0.791. The monoisotopic (exact) mass is 401 g/mol. The van der Waals surface area contributed by atoms with Crippen LogP contribution in [0.5, 0.6) is 5.75 Å². The Morgan fingerprint density at radius 2 is 2.04 bits per heavy atom. The van der Waals surface area contributed by atoms with Crippen LogP contribution < -0.4 is 9.64 Å². The maximum Gasteiger partial charge on any atom is 0.324 e. The smallest absolute Gasteiger partial charge is 0.324 e. The zero-order valence-corrected chi connectivity index (χ0v) is 16.6. The summed E-state index contributed by atoms with van der Waals surface area (Å²) in [5.41, 5.74) is 0.487. The number of alkyl halides is 1. The number of likely N-dealkylation sites (N-methyl/N-ethyl adjacent to an activating group) is 1. The second-order valence-electron chi connectivity index (χ2n) is 7.52. The fourth-order valence-electron chi connectivity index (χ4n) is 2.58. The van der Waals surface area contributed by atoms with Crippen molar-refractivity contribution in [1.82, 2.24) is 0 Å². The quantitative estimate of drug-likeness (QED) is 0.553. The van der Waals surface area contributed by atoms with E-state index in [4.69, 9.17) is 9.47 Å². The molecule has 2 atom stereocenters. The van der Waals surface area contributed by atoms with Crippen molar-refractivity contribution in [3.8, 4) is 5.75 Å². The van der Waals surface area contributed by atoms with Crippen LogP contribution in [0.3, 0.4) is 0 Å².